The van der Waals surface area contributed by atoms with E-state index in [1.165, 1.54) is 0 Å². The van der Waals surface area contributed by atoms with Crippen molar-refractivity contribution in [3.63, 3.8) is 0 Å². The Bertz CT molecular complexity index is 512. The summed E-state index contributed by atoms with van der Waals surface area (Å²) >= 11 is 0. The predicted octanol–water partition coefficient (Wildman–Crippen LogP) is -2.19. The normalized spacial score (nSPS) is 15.7. The van der Waals surface area contributed by atoms with Crippen LogP contribution in [0.25, 0.3) is 0 Å². The summed E-state index contributed by atoms with van der Waals surface area (Å²) in [6.07, 6.45) is 0. The second-order valence-corrected chi connectivity index (χ2v) is 4.30. The van der Waals surface area contributed by atoms with Crippen LogP contribution in [0.15, 0.2) is 0 Å². The van der Waals surface area contributed by atoms with Crippen LogP contribution in [0.5, 0.6) is 0 Å². The lowest BCUT2D eigenvalue weighted by molar-refractivity contribution is -0.212. The van der Waals surface area contributed by atoms with Crippen LogP contribution in [-0.4, -0.2) is 56.9 Å². The number of hydrogen-bond donors (Lipinski definition) is 2. The molecule has 0 aliphatic rings. The molecule has 0 rings (SSSR count). The molecule has 0 radical (unpaired) electrons. The average molecular weight is 318 g/mol. The fourth-order valence-corrected chi connectivity index (χ4v) is 1.50. The fourth-order valence-electron chi connectivity index (χ4n) is 1.50. The lowest BCUT2D eigenvalue weighted by atomic mass is 9.77. The molecule has 0 aromatic carbocycles. The van der Waals surface area contributed by atoms with Crippen LogP contribution in [0, 0.1) is 0 Å². The minimum Gasteiger partial charge on any atom is -0.391 e. The monoisotopic (exact) mass is 318 g/mol. The van der Waals surface area contributed by atoms with Gasteiger partial charge in [0.2, 0.25) is 0 Å². The number of hydrogen-bond acceptors (Lipinski definition) is 10. The van der Waals surface area contributed by atoms with Crippen LogP contribution in [0.4, 0.5) is 0 Å². The maximum atomic E-state index is 11.7. The zero-order chi connectivity index (χ0) is 17.9. The van der Waals surface area contributed by atoms with Gasteiger partial charge in [-0.1, -0.05) is 0 Å². The van der Waals surface area contributed by atoms with E-state index in [0.717, 1.165) is 13.8 Å². The van der Waals surface area contributed by atoms with Gasteiger partial charge in [-0.2, -0.15) is 0 Å². The number of carbonyl (C=O) groups is 6. The van der Waals surface area contributed by atoms with Gasteiger partial charge in [-0.25, -0.2) is 9.59 Å². The third kappa shape index (κ3) is 3.23. The number of aliphatic hydroxyl groups is 2. The third-order valence-corrected chi connectivity index (χ3v) is 2.61. The molecule has 0 bridgehead atoms. The summed E-state index contributed by atoms with van der Waals surface area (Å²) in [6.45, 7) is 2.57. The molecule has 0 aromatic rings. The Kier molecular flexibility index (Phi) is 5.81. The van der Waals surface area contributed by atoms with E-state index in [2.05, 4.69) is 9.47 Å². The molecule has 0 aromatic heterocycles. The number of carbonyl (C=O) groups excluding carboxylic acids is 6. The molecule has 0 heterocycles. The van der Waals surface area contributed by atoms with Crippen molar-refractivity contribution >= 4 is 35.4 Å². The van der Waals surface area contributed by atoms with Crippen LogP contribution < -0.4 is 0 Å². The smallest absolute Gasteiger partial charge is 0.357 e. The number of Topliss-reactive ketones (excluding diaryl/α,β-unsaturated/α-hetero) is 2. The van der Waals surface area contributed by atoms with Gasteiger partial charge in [-0.05, 0) is 13.8 Å². The lowest BCUT2D eigenvalue weighted by Gasteiger charge is -2.34. The van der Waals surface area contributed by atoms with E-state index in [-0.39, 0.29) is 0 Å². The number of ether oxygens (including phenoxy) is 2. The minimum atomic E-state index is -3.77. The van der Waals surface area contributed by atoms with Crippen molar-refractivity contribution in [3.05, 3.63) is 0 Å². The first kappa shape index (κ1) is 19.5. The van der Waals surface area contributed by atoms with Gasteiger partial charge in [0, 0.05) is 13.8 Å². The largest absolute Gasteiger partial charge is 0.391 e. The Morgan fingerprint density at radius 3 is 1.00 bits per heavy atom. The quantitative estimate of drug-likeness (QED) is 0.420. The zero-order valence-electron chi connectivity index (χ0n) is 12.2. The summed E-state index contributed by atoms with van der Waals surface area (Å²) in [7, 11) is 0. The fraction of sp³-hybridized carbons (Fsp3) is 0.500. The van der Waals surface area contributed by atoms with Crippen molar-refractivity contribution in [1.82, 2.24) is 0 Å². The van der Waals surface area contributed by atoms with Crippen LogP contribution in [0.3, 0.4) is 0 Å². The first-order chi connectivity index (χ1) is 9.81. The molecule has 0 aliphatic carbocycles. The van der Waals surface area contributed by atoms with Crippen molar-refractivity contribution in [2.24, 2.45) is 0 Å². The second kappa shape index (κ2) is 6.54. The maximum Gasteiger partial charge on any atom is 0.357 e. The first-order valence-electron chi connectivity index (χ1n) is 5.74. The highest BCUT2D eigenvalue weighted by molar-refractivity contribution is 6.23. The summed E-state index contributed by atoms with van der Waals surface area (Å²) in [5, 5.41) is 20.2. The standard InChI is InChI=1S/C12H14O10/c1-5(13)11(19,9(17)21-7(3)15)12(20,6(2)14)10(18)22-8(4)16/h19-20H,1-4H3. The van der Waals surface area contributed by atoms with E-state index in [1.54, 1.807) is 0 Å². The molecular weight excluding hydrogens is 304 g/mol. The van der Waals surface area contributed by atoms with Crippen LogP contribution in [-0.2, 0) is 38.2 Å². The van der Waals surface area contributed by atoms with Gasteiger partial charge in [0.1, 0.15) is 0 Å². The Labute approximate surface area is 124 Å². The van der Waals surface area contributed by atoms with Crippen molar-refractivity contribution < 1.29 is 48.5 Å². The van der Waals surface area contributed by atoms with Gasteiger partial charge in [-0.3, -0.25) is 19.2 Å². The van der Waals surface area contributed by atoms with Gasteiger partial charge < -0.3 is 19.7 Å². The average Bonchev–Trinajstić information content (AvgIpc) is 2.33. The Morgan fingerprint density at radius 2 is 0.864 bits per heavy atom. The van der Waals surface area contributed by atoms with E-state index in [1.807, 2.05) is 0 Å². The molecule has 0 aliphatic heterocycles. The van der Waals surface area contributed by atoms with E-state index in [4.69, 9.17) is 0 Å². The maximum absolute atomic E-state index is 11.7. The number of ketones is 2. The Morgan fingerprint density at radius 1 is 0.636 bits per heavy atom. The predicted molar refractivity (Wildman–Crippen MR) is 64.8 cm³/mol. The SMILES string of the molecule is CC(=O)OC(=O)C(O)(C(C)=O)C(O)(C(C)=O)C(=O)OC(C)=O. The molecule has 122 valence electrons. The molecule has 2 N–H and O–H groups in total. The van der Waals surface area contributed by atoms with Crippen LogP contribution in [0.2, 0.25) is 0 Å². The van der Waals surface area contributed by atoms with E-state index >= 15 is 0 Å². The molecular formula is C12H14O10. The highest BCUT2D eigenvalue weighted by Crippen LogP contribution is 2.28. The van der Waals surface area contributed by atoms with Gasteiger partial charge in [0.15, 0.2) is 11.6 Å². The van der Waals surface area contributed by atoms with Crippen LogP contribution in [0.1, 0.15) is 27.7 Å². The van der Waals surface area contributed by atoms with Gasteiger partial charge in [-0.15, -0.1) is 0 Å². The second-order valence-electron chi connectivity index (χ2n) is 4.30. The molecule has 2 unspecified atom stereocenters. The van der Waals surface area contributed by atoms with Crippen LogP contribution >= 0.6 is 0 Å². The molecule has 10 nitrogen and oxygen atoms in total. The van der Waals surface area contributed by atoms with Crippen molar-refractivity contribution in [3.8, 4) is 0 Å². The summed E-state index contributed by atoms with van der Waals surface area (Å²) in [4.78, 5) is 68.1. The lowest BCUT2D eigenvalue weighted by Crippen LogP contribution is -2.71. The summed E-state index contributed by atoms with van der Waals surface area (Å²) in [5.41, 5.74) is -7.53. The molecule has 2 atom stereocenters. The number of esters is 4. The molecule has 10 heteroatoms. The van der Waals surface area contributed by atoms with Crippen molar-refractivity contribution in [1.29, 1.82) is 0 Å². The van der Waals surface area contributed by atoms with E-state index in [9.17, 15) is 39.0 Å². The van der Waals surface area contributed by atoms with Gasteiger partial charge >= 0.3 is 23.9 Å². The van der Waals surface area contributed by atoms with Crippen molar-refractivity contribution in [2.45, 2.75) is 38.9 Å². The van der Waals surface area contributed by atoms with Crippen molar-refractivity contribution in [2.75, 3.05) is 0 Å². The topological polar surface area (TPSA) is 161 Å². The first-order valence-corrected chi connectivity index (χ1v) is 5.74. The molecule has 0 spiro atoms. The Balaban J connectivity index is 6.25. The summed E-state index contributed by atoms with van der Waals surface area (Å²) < 4.78 is 7.95. The Hall–Kier alpha value is -2.46. The van der Waals surface area contributed by atoms with E-state index < -0.39 is 46.6 Å². The van der Waals surface area contributed by atoms with Gasteiger partial charge in [0.25, 0.3) is 11.2 Å². The highest BCUT2D eigenvalue weighted by atomic mass is 16.6. The number of rotatable bonds is 5. The minimum absolute atomic E-state index is 0.552. The third-order valence-electron chi connectivity index (χ3n) is 2.61. The molecule has 0 saturated carbocycles. The molecule has 0 amide bonds. The summed E-state index contributed by atoms with van der Waals surface area (Å²) in [5.74, 6) is -9.86. The zero-order valence-corrected chi connectivity index (χ0v) is 12.2. The molecule has 0 fully saturated rings. The summed E-state index contributed by atoms with van der Waals surface area (Å²) in [6, 6.07) is 0. The van der Waals surface area contributed by atoms with Gasteiger partial charge in [0.05, 0.1) is 0 Å². The molecule has 22 heavy (non-hydrogen) atoms. The highest BCUT2D eigenvalue weighted by Gasteiger charge is 2.69. The van der Waals surface area contributed by atoms with E-state index in [0.29, 0.717) is 13.8 Å². The molecule has 0 saturated heterocycles.